The SMILES string of the molecule is CCOC(=O)c1cn(CC)nc1NC(=O)NCc1ccc(-c2ccncc2)cc1. The molecule has 0 atom stereocenters. The Bertz CT molecular complexity index is 968. The zero-order chi connectivity index (χ0) is 20.6. The van der Waals surface area contributed by atoms with E-state index in [2.05, 4.69) is 20.7 Å². The number of benzene rings is 1. The van der Waals surface area contributed by atoms with E-state index in [9.17, 15) is 9.59 Å². The van der Waals surface area contributed by atoms with Crippen molar-refractivity contribution >= 4 is 17.8 Å². The number of esters is 1. The van der Waals surface area contributed by atoms with Crippen molar-refractivity contribution in [3.8, 4) is 11.1 Å². The van der Waals surface area contributed by atoms with E-state index in [-0.39, 0.29) is 18.0 Å². The van der Waals surface area contributed by atoms with E-state index in [0.29, 0.717) is 13.1 Å². The Balaban J connectivity index is 1.60. The number of amides is 2. The lowest BCUT2D eigenvalue weighted by atomic mass is 10.1. The lowest BCUT2D eigenvalue weighted by Crippen LogP contribution is -2.29. The summed E-state index contributed by atoms with van der Waals surface area (Å²) in [7, 11) is 0. The van der Waals surface area contributed by atoms with Gasteiger partial charge in [-0.3, -0.25) is 15.0 Å². The first-order valence-electron chi connectivity index (χ1n) is 9.39. The fraction of sp³-hybridized carbons (Fsp3) is 0.238. The van der Waals surface area contributed by atoms with Gasteiger partial charge in [0.05, 0.1) is 6.61 Å². The molecule has 0 radical (unpaired) electrons. The van der Waals surface area contributed by atoms with Crippen molar-refractivity contribution in [2.24, 2.45) is 0 Å². The molecule has 2 N–H and O–H groups in total. The molecule has 2 amide bonds. The molecular weight excluding hydrogens is 370 g/mol. The van der Waals surface area contributed by atoms with Gasteiger partial charge in [-0.15, -0.1) is 0 Å². The van der Waals surface area contributed by atoms with E-state index in [1.807, 2.05) is 43.3 Å². The van der Waals surface area contributed by atoms with Crippen LogP contribution in [0.2, 0.25) is 0 Å². The van der Waals surface area contributed by atoms with Crippen LogP contribution in [-0.2, 0) is 17.8 Å². The average molecular weight is 393 g/mol. The highest BCUT2D eigenvalue weighted by Crippen LogP contribution is 2.19. The van der Waals surface area contributed by atoms with Crippen LogP contribution in [-0.4, -0.2) is 33.4 Å². The third-order valence-electron chi connectivity index (χ3n) is 4.23. The molecule has 3 rings (SSSR count). The number of aromatic nitrogens is 3. The molecule has 2 aromatic heterocycles. The summed E-state index contributed by atoms with van der Waals surface area (Å²) in [4.78, 5) is 28.3. The molecular formula is C21H23N5O3. The second-order valence-electron chi connectivity index (χ2n) is 6.21. The summed E-state index contributed by atoms with van der Waals surface area (Å²) in [6.45, 7) is 4.77. The highest BCUT2D eigenvalue weighted by atomic mass is 16.5. The van der Waals surface area contributed by atoms with E-state index in [1.54, 1.807) is 30.2 Å². The fourth-order valence-electron chi connectivity index (χ4n) is 2.73. The van der Waals surface area contributed by atoms with Crippen molar-refractivity contribution < 1.29 is 14.3 Å². The third-order valence-corrected chi connectivity index (χ3v) is 4.23. The zero-order valence-electron chi connectivity index (χ0n) is 16.4. The number of anilines is 1. The van der Waals surface area contributed by atoms with Crippen molar-refractivity contribution in [2.75, 3.05) is 11.9 Å². The number of carbonyl (C=O) groups excluding carboxylic acids is 2. The first-order chi connectivity index (χ1) is 14.1. The van der Waals surface area contributed by atoms with Gasteiger partial charge in [0.1, 0.15) is 5.56 Å². The smallest absolute Gasteiger partial charge is 0.343 e. The molecule has 8 heteroatoms. The van der Waals surface area contributed by atoms with Gasteiger partial charge in [0.2, 0.25) is 0 Å². The minimum atomic E-state index is -0.519. The minimum absolute atomic E-state index is 0.177. The Hall–Kier alpha value is -3.68. The maximum absolute atomic E-state index is 12.3. The summed E-state index contributed by atoms with van der Waals surface area (Å²) in [5.41, 5.74) is 3.33. The molecule has 0 saturated carbocycles. The first kappa shape index (κ1) is 20.1. The van der Waals surface area contributed by atoms with Crippen molar-refractivity contribution in [3.63, 3.8) is 0 Å². The number of aryl methyl sites for hydroxylation is 1. The predicted molar refractivity (Wildman–Crippen MR) is 109 cm³/mol. The highest BCUT2D eigenvalue weighted by Gasteiger charge is 2.19. The molecule has 0 spiro atoms. The summed E-state index contributed by atoms with van der Waals surface area (Å²) in [5, 5.41) is 9.60. The molecule has 3 aromatic rings. The predicted octanol–water partition coefficient (Wildman–Crippen LogP) is 3.46. The van der Waals surface area contributed by atoms with Gasteiger partial charge in [-0.2, -0.15) is 5.10 Å². The van der Waals surface area contributed by atoms with E-state index < -0.39 is 12.0 Å². The van der Waals surface area contributed by atoms with Crippen molar-refractivity contribution in [1.29, 1.82) is 0 Å². The van der Waals surface area contributed by atoms with E-state index in [0.717, 1.165) is 16.7 Å². The summed E-state index contributed by atoms with van der Waals surface area (Å²) >= 11 is 0. The van der Waals surface area contributed by atoms with Crippen LogP contribution in [0.25, 0.3) is 11.1 Å². The summed E-state index contributed by atoms with van der Waals surface area (Å²) in [6, 6.07) is 11.3. The largest absolute Gasteiger partial charge is 0.462 e. The van der Waals surface area contributed by atoms with E-state index in [1.165, 1.54) is 0 Å². The highest BCUT2D eigenvalue weighted by molar-refractivity contribution is 5.99. The molecule has 0 saturated heterocycles. The average Bonchev–Trinajstić information content (AvgIpc) is 3.16. The van der Waals surface area contributed by atoms with Crippen LogP contribution in [0.1, 0.15) is 29.8 Å². The van der Waals surface area contributed by atoms with Crippen molar-refractivity contribution in [3.05, 3.63) is 66.1 Å². The maximum atomic E-state index is 12.3. The number of hydrogen-bond donors (Lipinski definition) is 2. The standard InChI is InChI=1S/C21H23N5O3/c1-3-26-14-18(20(27)29-4-2)19(25-26)24-21(28)23-13-15-5-7-16(8-6-15)17-9-11-22-12-10-17/h5-12,14H,3-4,13H2,1-2H3,(H2,23,24,25,28). The quantitative estimate of drug-likeness (QED) is 0.599. The van der Waals surface area contributed by atoms with Gasteiger partial charge < -0.3 is 10.1 Å². The topological polar surface area (TPSA) is 98.1 Å². The zero-order valence-corrected chi connectivity index (χ0v) is 16.4. The second kappa shape index (κ2) is 9.50. The first-order valence-corrected chi connectivity index (χ1v) is 9.39. The molecule has 0 fully saturated rings. The van der Waals surface area contributed by atoms with Gasteiger partial charge in [-0.05, 0) is 42.7 Å². The minimum Gasteiger partial charge on any atom is -0.462 e. The van der Waals surface area contributed by atoms with Crippen LogP contribution < -0.4 is 10.6 Å². The van der Waals surface area contributed by atoms with Crippen LogP contribution in [0.3, 0.4) is 0 Å². The number of nitrogens with one attached hydrogen (secondary N) is 2. The number of nitrogens with zero attached hydrogens (tertiary/aromatic N) is 3. The summed E-state index contributed by atoms with van der Waals surface area (Å²) in [6.07, 6.45) is 5.06. The van der Waals surface area contributed by atoms with Gasteiger partial charge in [0.25, 0.3) is 0 Å². The van der Waals surface area contributed by atoms with Crippen LogP contribution >= 0.6 is 0 Å². The van der Waals surface area contributed by atoms with Gasteiger partial charge in [-0.1, -0.05) is 24.3 Å². The van der Waals surface area contributed by atoms with E-state index in [4.69, 9.17) is 4.74 Å². The number of rotatable bonds is 7. The number of pyridine rings is 1. The normalized spacial score (nSPS) is 10.4. The number of carbonyl (C=O) groups is 2. The molecule has 150 valence electrons. The molecule has 29 heavy (non-hydrogen) atoms. The molecule has 1 aromatic carbocycles. The number of hydrogen-bond acceptors (Lipinski definition) is 5. The second-order valence-corrected chi connectivity index (χ2v) is 6.21. The lowest BCUT2D eigenvalue weighted by molar-refractivity contribution is 0.0527. The van der Waals surface area contributed by atoms with Gasteiger partial charge >= 0.3 is 12.0 Å². The van der Waals surface area contributed by atoms with E-state index >= 15 is 0 Å². The Morgan fingerprint density at radius 2 is 1.72 bits per heavy atom. The van der Waals surface area contributed by atoms with Crippen LogP contribution in [0.15, 0.2) is 55.0 Å². The van der Waals surface area contributed by atoms with Crippen LogP contribution in [0.5, 0.6) is 0 Å². The van der Waals surface area contributed by atoms with Crippen LogP contribution in [0, 0.1) is 0 Å². The van der Waals surface area contributed by atoms with Gasteiger partial charge in [0, 0.05) is 31.7 Å². The number of ether oxygens (including phenoxy) is 1. The molecule has 8 nitrogen and oxygen atoms in total. The fourth-order valence-corrected chi connectivity index (χ4v) is 2.73. The molecule has 0 aliphatic rings. The Kier molecular flexibility index (Phi) is 6.57. The third kappa shape index (κ3) is 5.19. The molecule has 0 aliphatic carbocycles. The Morgan fingerprint density at radius 3 is 2.38 bits per heavy atom. The molecule has 0 unspecified atom stereocenters. The van der Waals surface area contributed by atoms with Crippen molar-refractivity contribution in [2.45, 2.75) is 26.9 Å². The Labute approximate surface area is 168 Å². The lowest BCUT2D eigenvalue weighted by Gasteiger charge is -2.08. The summed E-state index contributed by atoms with van der Waals surface area (Å²) < 4.78 is 6.59. The van der Waals surface area contributed by atoms with Gasteiger partial charge in [-0.25, -0.2) is 9.59 Å². The summed E-state index contributed by atoms with van der Waals surface area (Å²) in [5.74, 6) is -0.343. The number of urea groups is 1. The Morgan fingerprint density at radius 1 is 1.03 bits per heavy atom. The van der Waals surface area contributed by atoms with Crippen LogP contribution in [0.4, 0.5) is 10.6 Å². The monoisotopic (exact) mass is 393 g/mol. The molecule has 2 heterocycles. The molecule has 0 bridgehead atoms. The maximum Gasteiger partial charge on any atom is 0.343 e. The van der Waals surface area contributed by atoms with Gasteiger partial charge in [0.15, 0.2) is 5.82 Å². The molecule has 0 aliphatic heterocycles. The van der Waals surface area contributed by atoms with Crippen molar-refractivity contribution in [1.82, 2.24) is 20.1 Å².